The SMILES string of the molecule is [2H]C(C)(c1c(C)cc(C(=O)N(C)[C@H](C(=O)O)C(C)CC(=O)O)cc1C)C(C)(C)c1c[nH]c2nc(NC)n(C)c(=O)c12. The Morgan fingerprint density at radius 1 is 1.20 bits per heavy atom. The molecule has 3 atom stereocenters. The number of carbonyl (C=O) groups excluding carboxylic acids is 1. The molecule has 1 aromatic carbocycles. The van der Waals surface area contributed by atoms with Crippen molar-refractivity contribution in [3.63, 3.8) is 0 Å². The van der Waals surface area contributed by atoms with Gasteiger partial charge in [-0.15, -0.1) is 0 Å². The summed E-state index contributed by atoms with van der Waals surface area (Å²) in [5.41, 5.74) is 2.11. The Morgan fingerprint density at radius 2 is 1.77 bits per heavy atom. The van der Waals surface area contributed by atoms with Gasteiger partial charge in [-0.05, 0) is 65.5 Å². The number of rotatable bonds is 10. The van der Waals surface area contributed by atoms with E-state index in [0.717, 1.165) is 4.90 Å². The molecule has 0 aliphatic rings. The van der Waals surface area contributed by atoms with E-state index >= 15 is 0 Å². The van der Waals surface area contributed by atoms with Crippen LogP contribution in [-0.4, -0.2) is 67.6 Å². The molecule has 0 saturated carbocycles. The average Bonchev–Trinajstić information content (AvgIpc) is 3.29. The van der Waals surface area contributed by atoms with Crippen LogP contribution in [0.5, 0.6) is 0 Å². The first-order valence-corrected chi connectivity index (χ1v) is 13.0. The third-order valence-corrected chi connectivity index (χ3v) is 7.93. The molecule has 0 radical (unpaired) electrons. The number of carbonyl (C=O) groups is 3. The predicted octanol–water partition coefficient (Wildman–Crippen LogP) is 3.64. The minimum atomic E-state index is -1.33. The highest BCUT2D eigenvalue weighted by atomic mass is 16.4. The lowest BCUT2D eigenvalue weighted by molar-refractivity contribution is -0.145. The number of likely N-dealkylation sites (N-methyl/N-ethyl adjacent to an activating group) is 1. The number of aromatic amines is 1. The van der Waals surface area contributed by atoms with Gasteiger partial charge < -0.3 is 25.4 Å². The molecule has 0 spiro atoms. The number of aromatic nitrogens is 3. The van der Waals surface area contributed by atoms with Crippen LogP contribution in [0.1, 0.15) is 74.0 Å². The molecule has 11 heteroatoms. The zero-order valence-electron chi connectivity index (χ0n) is 25.5. The third kappa shape index (κ3) is 5.32. The van der Waals surface area contributed by atoms with Crippen molar-refractivity contribution in [1.29, 1.82) is 0 Å². The van der Waals surface area contributed by atoms with Crippen molar-refractivity contribution in [1.82, 2.24) is 19.4 Å². The fourth-order valence-corrected chi connectivity index (χ4v) is 5.58. The second kappa shape index (κ2) is 11.1. The van der Waals surface area contributed by atoms with Crippen LogP contribution in [0.25, 0.3) is 11.0 Å². The number of fused-ring (bicyclic) bond motifs is 1. The molecule has 40 heavy (non-hydrogen) atoms. The van der Waals surface area contributed by atoms with Crippen LogP contribution in [0.15, 0.2) is 23.1 Å². The number of carboxylic acid groups (broad SMARTS) is 2. The molecule has 4 N–H and O–H groups in total. The highest BCUT2D eigenvalue weighted by Gasteiger charge is 2.36. The Kier molecular flexibility index (Phi) is 8.04. The fourth-order valence-electron chi connectivity index (χ4n) is 5.58. The molecule has 0 aliphatic heterocycles. The van der Waals surface area contributed by atoms with Crippen molar-refractivity contribution in [2.75, 3.05) is 19.4 Å². The van der Waals surface area contributed by atoms with Crippen molar-refractivity contribution >= 4 is 34.8 Å². The molecule has 0 bridgehead atoms. The largest absolute Gasteiger partial charge is 0.481 e. The number of benzene rings is 1. The number of aliphatic carboxylic acids is 2. The van der Waals surface area contributed by atoms with Gasteiger partial charge in [0.15, 0.2) is 0 Å². The fraction of sp³-hybridized carbons (Fsp3) is 0.483. The van der Waals surface area contributed by atoms with Crippen LogP contribution >= 0.6 is 0 Å². The molecule has 2 heterocycles. The summed E-state index contributed by atoms with van der Waals surface area (Å²) in [6.45, 7) is 10.6. The van der Waals surface area contributed by atoms with Crippen LogP contribution in [0, 0.1) is 19.8 Å². The number of aryl methyl sites for hydroxylation is 2. The quantitative estimate of drug-likeness (QED) is 0.296. The number of hydrogen-bond acceptors (Lipinski definition) is 6. The molecule has 2 unspecified atom stereocenters. The predicted molar refractivity (Wildman–Crippen MR) is 153 cm³/mol. The second-order valence-corrected chi connectivity index (χ2v) is 11.0. The highest BCUT2D eigenvalue weighted by Crippen LogP contribution is 2.43. The Bertz CT molecular complexity index is 1570. The van der Waals surface area contributed by atoms with E-state index in [1.807, 2.05) is 13.8 Å². The molecule has 1 amide bonds. The Labute approximate surface area is 234 Å². The van der Waals surface area contributed by atoms with E-state index in [4.69, 9.17) is 5.11 Å². The van der Waals surface area contributed by atoms with E-state index in [1.165, 1.54) is 18.5 Å². The number of hydrogen-bond donors (Lipinski definition) is 4. The number of carboxylic acids is 2. The Morgan fingerprint density at radius 3 is 2.27 bits per heavy atom. The minimum absolute atomic E-state index is 0.235. The van der Waals surface area contributed by atoms with Crippen LogP contribution in [0.3, 0.4) is 0 Å². The maximum atomic E-state index is 13.4. The van der Waals surface area contributed by atoms with E-state index in [-0.39, 0.29) is 11.1 Å². The molecule has 3 rings (SSSR count). The molecule has 0 saturated heterocycles. The first-order valence-electron chi connectivity index (χ1n) is 13.5. The maximum Gasteiger partial charge on any atom is 0.326 e. The lowest BCUT2D eigenvalue weighted by atomic mass is 9.69. The van der Waals surface area contributed by atoms with Gasteiger partial charge in [0.2, 0.25) is 5.95 Å². The number of nitrogens with one attached hydrogen (secondary N) is 2. The van der Waals surface area contributed by atoms with Gasteiger partial charge in [0.05, 0.1) is 11.8 Å². The summed E-state index contributed by atoms with van der Waals surface area (Å²) in [7, 11) is 4.65. The average molecular weight is 555 g/mol. The van der Waals surface area contributed by atoms with E-state index in [0.29, 0.717) is 39.2 Å². The van der Waals surface area contributed by atoms with Gasteiger partial charge in [-0.2, -0.15) is 4.98 Å². The molecule has 2 aromatic heterocycles. The summed E-state index contributed by atoms with van der Waals surface area (Å²) in [5.74, 6) is -4.70. The van der Waals surface area contributed by atoms with Crippen LogP contribution in [-0.2, 0) is 22.1 Å². The van der Waals surface area contributed by atoms with Gasteiger partial charge in [-0.25, -0.2) is 4.79 Å². The van der Waals surface area contributed by atoms with E-state index in [2.05, 4.69) is 15.3 Å². The molecule has 11 nitrogen and oxygen atoms in total. The molecular formula is C29H39N5O6. The van der Waals surface area contributed by atoms with Crippen molar-refractivity contribution in [3.8, 4) is 0 Å². The van der Waals surface area contributed by atoms with Crippen molar-refractivity contribution in [2.24, 2.45) is 13.0 Å². The first-order chi connectivity index (χ1) is 18.9. The number of H-pyrrole nitrogens is 1. The standard InChI is InChI=1S/C29H39N5O6/c1-14-10-18(25(37)33(8)23(27(39)40)16(3)12-20(35)36)11-15(2)21(14)17(4)29(5,6)19-13-31-24-22(19)26(38)34(9)28(30-7)32-24/h10-11,13,16-17,23,31H,12H2,1-9H3,(H,30,32)(H,35,36)(H,39,40)/t16?,17?,23-/m0/s1/i17D. The van der Waals surface area contributed by atoms with Crippen LogP contribution in [0.2, 0.25) is 0 Å². The van der Waals surface area contributed by atoms with Gasteiger partial charge in [0.25, 0.3) is 11.5 Å². The van der Waals surface area contributed by atoms with E-state index in [9.17, 15) is 25.7 Å². The number of amides is 1. The molecular weight excluding hydrogens is 514 g/mol. The van der Waals surface area contributed by atoms with Crippen LogP contribution in [0.4, 0.5) is 5.95 Å². The smallest absolute Gasteiger partial charge is 0.326 e. The van der Waals surface area contributed by atoms with Gasteiger partial charge in [0, 0.05) is 34.3 Å². The summed E-state index contributed by atoms with van der Waals surface area (Å²) in [5, 5.41) is 22.2. The van der Waals surface area contributed by atoms with Gasteiger partial charge in [-0.1, -0.05) is 27.7 Å². The monoisotopic (exact) mass is 554 g/mol. The maximum absolute atomic E-state index is 13.4. The molecule has 216 valence electrons. The molecule has 0 aliphatic carbocycles. The van der Waals surface area contributed by atoms with Crippen molar-refractivity contribution in [3.05, 3.63) is 56.5 Å². The summed E-state index contributed by atoms with van der Waals surface area (Å²) >= 11 is 0. The minimum Gasteiger partial charge on any atom is -0.481 e. The lowest BCUT2D eigenvalue weighted by Gasteiger charge is -2.34. The summed E-state index contributed by atoms with van der Waals surface area (Å²) in [6.07, 6.45) is 1.31. The highest BCUT2D eigenvalue weighted by molar-refractivity contribution is 5.97. The zero-order valence-corrected chi connectivity index (χ0v) is 24.5. The lowest BCUT2D eigenvalue weighted by Crippen LogP contribution is -2.47. The normalized spacial score (nSPS) is 15.2. The Balaban J connectivity index is 2.08. The zero-order chi connectivity index (χ0) is 31.2. The van der Waals surface area contributed by atoms with Gasteiger partial charge in [0.1, 0.15) is 11.7 Å². The molecule has 3 aromatic rings. The summed E-state index contributed by atoms with van der Waals surface area (Å²) in [4.78, 5) is 58.5. The van der Waals surface area contributed by atoms with Crippen LogP contribution < -0.4 is 10.9 Å². The Hall–Kier alpha value is -4.15. The second-order valence-electron chi connectivity index (χ2n) is 11.0. The van der Waals surface area contributed by atoms with Gasteiger partial charge in [-0.3, -0.25) is 19.0 Å². The summed E-state index contributed by atoms with van der Waals surface area (Å²) < 4.78 is 11.1. The van der Waals surface area contributed by atoms with Crippen molar-refractivity contribution in [2.45, 2.75) is 65.3 Å². The summed E-state index contributed by atoms with van der Waals surface area (Å²) in [6, 6.07) is 1.92. The third-order valence-electron chi connectivity index (χ3n) is 7.93. The number of nitrogens with zero attached hydrogens (tertiary/aromatic N) is 3. The topological polar surface area (TPSA) is 158 Å². The van der Waals surface area contributed by atoms with E-state index in [1.54, 1.807) is 53.2 Å². The van der Waals surface area contributed by atoms with Crippen molar-refractivity contribution < 1.29 is 26.0 Å². The van der Waals surface area contributed by atoms with E-state index < -0.39 is 47.5 Å². The molecule has 0 fully saturated rings. The number of anilines is 1. The first kappa shape index (κ1) is 28.8. The van der Waals surface area contributed by atoms with Gasteiger partial charge >= 0.3 is 11.9 Å².